The molecule has 0 bridgehead atoms. The lowest BCUT2D eigenvalue weighted by atomic mass is 10.2. The number of rotatable bonds is 4. The highest BCUT2D eigenvalue weighted by molar-refractivity contribution is 5.97. The van der Waals surface area contributed by atoms with Crippen molar-refractivity contribution in [2.45, 2.75) is 0 Å². The van der Waals surface area contributed by atoms with Gasteiger partial charge in [-0.25, -0.2) is 0 Å². The van der Waals surface area contributed by atoms with Gasteiger partial charge in [0.15, 0.2) is 17.2 Å². The van der Waals surface area contributed by atoms with Crippen molar-refractivity contribution in [1.82, 2.24) is 4.98 Å². The molecular weight excluding hydrogens is 230 g/mol. The highest BCUT2D eigenvalue weighted by atomic mass is 16.5. The number of para-hydroxylation sites is 2. The van der Waals surface area contributed by atoms with Crippen molar-refractivity contribution in [3.63, 3.8) is 0 Å². The number of nitrogen functional groups attached to an aromatic ring is 1. The maximum Gasteiger partial charge on any atom is 0.169 e. The summed E-state index contributed by atoms with van der Waals surface area (Å²) in [5.74, 6) is 1.52. The third-order valence-corrected chi connectivity index (χ3v) is 2.36. The van der Waals surface area contributed by atoms with Crippen LogP contribution in [0, 0.1) is 5.41 Å². The quantitative estimate of drug-likeness (QED) is 0.637. The number of pyridine rings is 1. The Morgan fingerprint density at radius 2 is 1.89 bits per heavy atom. The van der Waals surface area contributed by atoms with Gasteiger partial charge >= 0.3 is 0 Å². The summed E-state index contributed by atoms with van der Waals surface area (Å²) in [6.07, 6.45) is 3.08. The van der Waals surface area contributed by atoms with E-state index in [4.69, 9.17) is 20.6 Å². The number of hydrogen-bond donors (Lipinski definition) is 2. The van der Waals surface area contributed by atoms with Gasteiger partial charge in [0, 0.05) is 6.20 Å². The Labute approximate surface area is 105 Å². The Balaban J connectivity index is 2.37. The Morgan fingerprint density at radius 1 is 1.17 bits per heavy atom. The van der Waals surface area contributed by atoms with Crippen molar-refractivity contribution in [2.75, 3.05) is 7.11 Å². The summed E-state index contributed by atoms with van der Waals surface area (Å²) < 4.78 is 10.9. The summed E-state index contributed by atoms with van der Waals surface area (Å²) in [6.45, 7) is 0. The standard InChI is InChI=1S/C13H13N3O2/c1-17-10-4-2-3-5-11(10)18-12-8-16-7-6-9(12)13(14)15/h2-8H,1H3,(H3,14,15). The smallest absolute Gasteiger partial charge is 0.169 e. The number of methoxy groups -OCH3 is 1. The van der Waals surface area contributed by atoms with Crippen LogP contribution in [0.15, 0.2) is 42.7 Å². The first-order valence-electron chi connectivity index (χ1n) is 5.31. The van der Waals surface area contributed by atoms with Crippen molar-refractivity contribution in [3.8, 4) is 17.2 Å². The topological polar surface area (TPSA) is 81.2 Å². The van der Waals surface area contributed by atoms with Gasteiger partial charge in [0.2, 0.25) is 0 Å². The molecule has 0 atom stereocenters. The van der Waals surface area contributed by atoms with Gasteiger partial charge in [-0.05, 0) is 18.2 Å². The summed E-state index contributed by atoms with van der Waals surface area (Å²) in [7, 11) is 1.57. The van der Waals surface area contributed by atoms with Crippen LogP contribution < -0.4 is 15.2 Å². The van der Waals surface area contributed by atoms with Gasteiger partial charge in [-0.1, -0.05) is 12.1 Å². The predicted molar refractivity (Wildman–Crippen MR) is 68.3 cm³/mol. The van der Waals surface area contributed by atoms with Crippen LogP contribution in [-0.2, 0) is 0 Å². The molecule has 0 radical (unpaired) electrons. The third-order valence-electron chi connectivity index (χ3n) is 2.36. The number of nitrogens with two attached hydrogens (primary N) is 1. The van der Waals surface area contributed by atoms with E-state index < -0.39 is 0 Å². The van der Waals surface area contributed by atoms with E-state index >= 15 is 0 Å². The zero-order chi connectivity index (χ0) is 13.0. The third kappa shape index (κ3) is 2.40. The lowest BCUT2D eigenvalue weighted by Gasteiger charge is -2.12. The van der Waals surface area contributed by atoms with Crippen LogP contribution in [0.3, 0.4) is 0 Å². The maximum absolute atomic E-state index is 7.48. The molecule has 2 rings (SSSR count). The van der Waals surface area contributed by atoms with Gasteiger partial charge in [0.1, 0.15) is 5.84 Å². The van der Waals surface area contributed by atoms with Gasteiger partial charge in [0.25, 0.3) is 0 Å². The number of ether oxygens (including phenoxy) is 2. The molecule has 3 N–H and O–H groups in total. The second-order valence-corrected chi connectivity index (χ2v) is 3.54. The Hall–Kier alpha value is -2.56. The molecule has 0 unspecified atom stereocenters. The van der Waals surface area contributed by atoms with Crippen LogP contribution in [0.4, 0.5) is 0 Å². The number of aromatic nitrogens is 1. The molecular formula is C13H13N3O2. The minimum absolute atomic E-state index is 0.0673. The average Bonchev–Trinajstić information content (AvgIpc) is 2.40. The summed E-state index contributed by atoms with van der Waals surface area (Å²) in [6, 6.07) is 8.88. The number of nitrogens with zero attached hydrogens (tertiary/aromatic N) is 1. The van der Waals surface area contributed by atoms with Crippen molar-refractivity contribution >= 4 is 5.84 Å². The molecule has 0 aliphatic rings. The summed E-state index contributed by atoms with van der Waals surface area (Å²) in [5, 5.41) is 7.48. The number of benzene rings is 1. The minimum Gasteiger partial charge on any atom is -0.493 e. The van der Waals surface area contributed by atoms with E-state index in [9.17, 15) is 0 Å². The van der Waals surface area contributed by atoms with Gasteiger partial charge in [0.05, 0.1) is 18.9 Å². The molecule has 1 heterocycles. The molecule has 0 saturated heterocycles. The second-order valence-electron chi connectivity index (χ2n) is 3.54. The fourth-order valence-corrected chi connectivity index (χ4v) is 1.51. The van der Waals surface area contributed by atoms with Crippen molar-refractivity contribution < 1.29 is 9.47 Å². The van der Waals surface area contributed by atoms with Crippen LogP contribution >= 0.6 is 0 Å². The van der Waals surface area contributed by atoms with E-state index in [0.717, 1.165) is 0 Å². The lowest BCUT2D eigenvalue weighted by molar-refractivity contribution is 0.378. The number of nitrogens with one attached hydrogen (secondary N) is 1. The average molecular weight is 243 g/mol. The van der Waals surface area contributed by atoms with Crippen LogP contribution in [-0.4, -0.2) is 17.9 Å². The first kappa shape index (κ1) is 11.9. The summed E-state index contributed by atoms with van der Waals surface area (Å²) in [4.78, 5) is 3.96. The van der Waals surface area contributed by atoms with Crippen molar-refractivity contribution in [1.29, 1.82) is 5.41 Å². The highest BCUT2D eigenvalue weighted by Crippen LogP contribution is 2.31. The molecule has 92 valence electrons. The Morgan fingerprint density at radius 3 is 2.56 bits per heavy atom. The molecule has 2 aromatic rings. The fourth-order valence-electron chi connectivity index (χ4n) is 1.51. The van der Waals surface area contributed by atoms with Crippen LogP contribution in [0.1, 0.15) is 5.56 Å². The molecule has 5 heteroatoms. The van der Waals surface area contributed by atoms with Crippen molar-refractivity contribution in [2.24, 2.45) is 5.73 Å². The fraction of sp³-hybridized carbons (Fsp3) is 0.0769. The molecule has 1 aromatic heterocycles. The largest absolute Gasteiger partial charge is 0.493 e. The number of amidine groups is 1. The Kier molecular flexibility index (Phi) is 3.43. The minimum atomic E-state index is -0.0673. The van der Waals surface area contributed by atoms with Gasteiger partial charge in [-0.2, -0.15) is 0 Å². The SMILES string of the molecule is COc1ccccc1Oc1cnccc1C(=N)N. The zero-order valence-corrected chi connectivity index (χ0v) is 9.88. The van der Waals surface area contributed by atoms with Crippen LogP contribution in [0.25, 0.3) is 0 Å². The highest BCUT2D eigenvalue weighted by Gasteiger charge is 2.10. The lowest BCUT2D eigenvalue weighted by Crippen LogP contribution is -2.12. The number of hydrogen-bond acceptors (Lipinski definition) is 4. The van der Waals surface area contributed by atoms with Gasteiger partial charge in [-0.15, -0.1) is 0 Å². The molecule has 18 heavy (non-hydrogen) atoms. The molecule has 1 aromatic carbocycles. The monoisotopic (exact) mass is 243 g/mol. The molecule has 0 spiro atoms. The molecule has 0 saturated carbocycles. The van der Waals surface area contributed by atoms with E-state index in [1.54, 1.807) is 31.5 Å². The van der Waals surface area contributed by atoms with Crippen molar-refractivity contribution in [3.05, 3.63) is 48.3 Å². The molecule has 0 aliphatic heterocycles. The first-order valence-corrected chi connectivity index (χ1v) is 5.31. The Bertz CT molecular complexity index is 570. The van der Waals surface area contributed by atoms with E-state index in [2.05, 4.69) is 4.98 Å². The zero-order valence-electron chi connectivity index (χ0n) is 9.88. The molecule has 5 nitrogen and oxygen atoms in total. The molecule has 0 aliphatic carbocycles. The molecule has 0 fully saturated rings. The van der Waals surface area contributed by atoms with E-state index in [-0.39, 0.29) is 5.84 Å². The van der Waals surface area contributed by atoms with Gasteiger partial charge < -0.3 is 15.2 Å². The maximum atomic E-state index is 7.48. The van der Waals surface area contributed by atoms with E-state index in [1.165, 1.54) is 6.20 Å². The van der Waals surface area contributed by atoms with E-state index in [0.29, 0.717) is 22.8 Å². The van der Waals surface area contributed by atoms with Crippen LogP contribution in [0.2, 0.25) is 0 Å². The van der Waals surface area contributed by atoms with Gasteiger partial charge in [-0.3, -0.25) is 10.4 Å². The second kappa shape index (κ2) is 5.18. The summed E-state index contributed by atoms with van der Waals surface area (Å²) in [5.41, 5.74) is 5.98. The summed E-state index contributed by atoms with van der Waals surface area (Å²) >= 11 is 0. The van der Waals surface area contributed by atoms with E-state index in [1.807, 2.05) is 12.1 Å². The first-order chi connectivity index (χ1) is 8.72. The van der Waals surface area contributed by atoms with Crippen LogP contribution in [0.5, 0.6) is 17.2 Å². The molecule has 0 amide bonds. The predicted octanol–water partition coefficient (Wildman–Crippen LogP) is 2.17. The normalized spacial score (nSPS) is 9.83.